The lowest BCUT2D eigenvalue weighted by atomic mass is 10.1. The number of benzene rings is 2. The first-order chi connectivity index (χ1) is 11.1. The molecule has 2 heteroatoms. The predicted molar refractivity (Wildman–Crippen MR) is 101 cm³/mol. The summed E-state index contributed by atoms with van der Waals surface area (Å²) in [6.07, 6.45) is 5.79. The van der Waals surface area contributed by atoms with Gasteiger partial charge in [0.25, 0.3) is 0 Å². The molecule has 0 fully saturated rings. The van der Waals surface area contributed by atoms with Crippen molar-refractivity contribution in [1.29, 1.82) is 0 Å². The first-order valence-electron chi connectivity index (χ1n) is 7.52. The molecule has 0 saturated carbocycles. The monoisotopic (exact) mass is 323 g/mol. The molecule has 0 aliphatic rings. The maximum atomic E-state index is 5.50. The van der Waals surface area contributed by atoms with E-state index in [1.54, 1.807) is 7.11 Å². The Morgan fingerprint density at radius 3 is 2.09 bits per heavy atom. The third-order valence-electron chi connectivity index (χ3n) is 3.57. The highest BCUT2D eigenvalue weighted by Gasteiger charge is 2.30. The van der Waals surface area contributed by atoms with E-state index in [1.165, 1.54) is 9.79 Å². The molecule has 2 aromatic carbocycles. The molecular formula is C21H23OS+. The fourth-order valence-corrected chi connectivity index (χ4v) is 4.88. The summed E-state index contributed by atoms with van der Waals surface area (Å²) < 4.78 is 5.50. The highest BCUT2D eigenvalue weighted by Crippen LogP contribution is 2.35. The first-order valence-corrected chi connectivity index (χ1v) is 8.74. The van der Waals surface area contributed by atoms with E-state index in [0.29, 0.717) is 0 Å². The van der Waals surface area contributed by atoms with Crippen molar-refractivity contribution in [1.82, 2.24) is 0 Å². The van der Waals surface area contributed by atoms with Crippen LogP contribution < -0.4 is 4.74 Å². The second kappa shape index (κ2) is 7.89. The molecule has 2 rings (SSSR count). The summed E-state index contributed by atoms with van der Waals surface area (Å²) in [6, 6.07) is 14.9. The van der Waals surface area contributed by atoms with Gasteiger partial charge < -0.3 is 4.74 Å². The maximum Gasteiger partial charge on any atom is 0.167 e. The Bertz CT molecular complexity index is 706. The van der Waals surface area contributed by atoms with Crippen molar-refractivity contribution in [2.45, 2.75) is 23.6 Å². The third kappa shape index (κ3) is 3.77. The summed E-state index contributed by atoms with van der Waals surface area (Å²) in [5.41, 5.74) is 2.30. The van der Waals surface area contributed by atoms with Gasteiger partial charge in [0.2, 0.25) is 0 Å². The van der Waals surface area contributed by atoms with E-state index < -0.39 is 0 Å². The van der Waals surface area contributed by atoms with E-state index in [0.717, 1.165) is 21.8 Å². The summed E-state index contributed by atoms with van der Waals surface area (Å²) in [4.78, 5) is 3.69. The Morgan fingerprint density at radius 2 is 1.61 bits per heavy atom. The van der Waals surface area contributed by atoms with Gasteiger partial charge in [0.1, 0.15) is 5.75 Å². The second-order valence-electron chi connectivity index (χ2n) is 5.22. The molecule has 2 aromatic rings. The van der Waals surface area contributed by atoms with Crippen LogP contribution in [0.15, 0.2) is 88.5 Å². The minimum atomic E-state index is -0.203. The summed E-state index contributed by atoms with van der Waals surface area (Å²) in [7, 11) is 1.52. The maximum absolute atomic E-state index is 5.50. The van der Waals surface area contributed by atoms with E-state index in [9.17, 15) is 0 Å². The third-order valence-corrected chi connectivity index (χ3v) is 5.80. The smallest absolute Gasteiger partial charge is 0.167 e. The number of ether oxygens (including phenoxy) is 1. The normalized spacial score (nSPS) is 12.6. The number of methoxy groups -OCH3 is 1. The highest BCUT2D eigenvalue weighted by molar-refractivity contribution is 8.00. The fourth-order valence-electron chi connectivity index (χ4n) is 2.65. The quantitative estimate of drug-likeness (QED) is 0.496. The van der Waals surface area contributed by atoms with Crippen molar-refractivity contribution in [3.63, 3.8) is 0 Å². The minimum absolute atomic E-state index is 0.203. The van der Waals surface area contributed by atoms with E-state index in [-0.39, 0.29) is 10.9 Å². The van der Waals surface area contributed by atoms with Gasteiger partial charge in [0.05, 0.1) is 18.0 Å². The van der Waals surface area contributed by atoms with E-state index in [1.807, 2.05) is 24.3 Å². The molecule has 1 unspecified atom stereocenters. The SMILES string of the molecule is C=C/C=C(\C=C)[S+](c1ccccc1)c1cc(C)c(OC)c(C)c1. The molecular weight excluding hydrogens is 300 g/mol. The lowest BCUT2D eigenvalue weighted by Crippen LogP contribution is -2.07. The number of hydrogen-bond donors (Lipinski definition) is 0. The van der Waals surface area contributed by atoms with Crippen LogP contribution in [-0.4, -0.2) is 7.11 Å². The predicted octanol–water partition coefficient (Wildman–Crippen LogP) is 5.60. The largest absolute Gasteiger partial charge is 0.496 e. The summed E-state index contributed by atoms with van der Waals surface area (Å²) in [6.45, 7) is 12.0. The number of allylic oxidation sites excluding steroid dienone is 3. The van der Waals surface area contributed by atoms with Gasteiger partial charge in [-0.15, -0.1) is 0 Å². The zero-order valence-electron chi connectivity index (χ0n) is 14.0. The molecule has 0 aliphatic heterocycles. The number of aryl methyl sites for hydroxylation is 2. The molecule has 0 aromatic heterocycles. The van der Waals surface area contributed by atoms with Crippen LogP contribution >= 0.6 is 0 Å². The van der Waals surface area contributed by atoms with Gasteiger partial charge >= 0.3 is 0 Å². The van der Waals surface area contributed by atoms with Crippen molar-refractivity contribution in [2.24, 2.45) is 0 Å². The molecule has 0 spiro atoms. The number of rotatable bonds is 6. The van der Waals surface area contributed by atoms with E-state index in [2.05, 4.69) is 63.4 Å². The molecule has 0 heterocycles. The second-order valence-corrected chi connectivity index (χ2v) is 7.25. The van der Waals surface area contributed by atoms with Gasteiger partial charge in [0, 0.05) is 12.1 Å². The molecule has 0 bridgehead atoms. The fraction of sp³-hybridized carbons (Fsp3) is 0.143. The van der Waals surface area contributed by atoms with Gasteiger partial charge in [-0.1, -0.05) is 37.4 Å². The van der Waals surface area contributed by atoms with Crippen LogP contribution in [0.1, 0.15) is 11.1 Å². The first kappa shape index (κ1) is 17.2. The van der Waals surface area contributed by atoms with E-state index in [4.69, 9.17) is 4.74 Å². The van der Waals surface area contributed by atoms with Gasteiger partial charge in [0.15, 0.2) is 14.7 Å². The molecule has 118 valence electrons. The summed E-state index contributed by atoms with van der Waals surface area (Å²) in [5.74, 6) is 0.957. The summed E-state index contributed by atoms with van der Waals surface area (Å²) >= 11 is 0. The van der Waals surface area contributed by atoms with Gasteiger partial charge in [-0.3, -0.25) is 0 Å². The summed E-state index contributed by atoms with van der Waals surface area (Å²) in [5, 5.41) is 0. The lowest BCUT2D eigenvalue weighted by molar-refractivity contribution is 0.408. The van der Waals surface area contributed by atoms with Gasteiger partial charge in [-0.2, -0.15) is 0 Å². The van der Waals surface area contributed by atoms with Crippen molar-refractivity contribution >= 4 is 10.9 Å². The van der Waals surface area contributed by atoms with Crippen LogP contribution in [-0.2, 0) is 10.9 Å². The standard InChI is InChI=1S/C21H23OS/c1-6-11-18(7-2)23(19-12-9-8-10-13-19)20-14-16(3)21(22-5)17(4)15-20/h6-15H,1-2H2,3-5H3/q+1/b18-11+. The molecule has 1 nitrogen and oxygen atoms in total. The Morgan fingerprint density at radius 1 is 1.00 bits per heavy atom. The molecule has 0 aliphatic carbocycles. The van der Waals surface area contributed by atoms with Crippen LogP contribution in [0.5, 0.6) is 5.75 Å². The minimum Gasteiger partial charge on any atom is -0.496 e. The molecule has 0 N–H and O–H groups in total. The average molecular weight is 323 g/mol. The van der Waals surface area contributed by atoms with Crippen LogP contribution in [0.3, 0.4) is 0 Å². The molecule has 23 heavy (non-hydrogen) atoms. The molecule has 0 radical (unpaired) electrons. The Balaban J connectivity index is 2.65. The molecule has 1 atom stereocenters. The highest BCUT2D eigenvalue weighted by atomic mass is 32.2. The van der Waals surface area contributed by atoms with Crippen LogP contribution in [0, 0.1) is 13.8 Å². The molecule has 0 saturated heterocycles. The lowest BCUT2D eigenvalue weighted by Gasteiger charge is -2.13. The van der Waals surface area contributed by atoms with Gasteiger partial charge in [-0.25, -0.2) is 0 Å². The van der Waals surface area contributed by atoms with Crippen molar-refractivity contribution in [3.05, 3.63) is 89.9 Å². The Kier molecular flexibility index (Phi) is 5.89. The van der Waals surface area contributed by atoms with E-state index >= 15 is 0 Å². The van der Waals surface area contributed by atoms with Crippen LogP contribution in [0.25, 0.3) is 0 Å². The van der Waals surface area contributed by atoms with Crippen LogP contribution in [0.4, 0.5) is 0 Å². The van der Waals surface area contributed by atoms with Crippen molar-refractivity contribution in [2.75, 3.05) is 7.11 Å². The topological polar surface area (TPSA) is 9.23 Å². The number of hydrogen-bond acceptors (Lipinski definition) is 1. The van der Waals surface area contributed by atoms with Crippen molar-refractivity contribution in [3.8, 4) is 5.75 Å². The Hall–Kier alpha value is -2.19. The Labute approximate surface area is 142 Å². The van der Waals surface area contributed by atoms with Gasteiger partial charge in [-0.05, 0) is 49.3 Å². The molecule has 0 amide bonds. The zero-order valence-corrected chi connectivity index (χ0v) is 14.8. The zero-order chi connectivity index (χ0) is 16.8. The average Bonchev–Trinajstić information content (AvgIpc) is 2.55. The van der Waals surface area contributed by atoms with Crippen LogP contribution in [0.2, 0.25) is 0 Å². The van der Waals surface area contributed by atoms with Crippen molar-refractivity contribution < 1.29 is 4.74 Å².